The molecule has 3 aliphatic rings. The maximum absolute atomic E-state index is 12.1. The van der Waals surface area contributed by atoms with E-state index in [2.05, 4.69) is 10.6 Å². The Balaban J connectivity index is 1.52. The molecule has 0 aromatic carbocycles. The van der Waals surface area contributed by atoms with Crippen LogP contribution in [-0.2, 0) is 4.74 Å². The van der Waals surface area contributed by atoms with E-state index < -0.39 is 0 Å². The van der Waals surface area contributed by atoms with Gasteiger partial charge in [-0.1, -0.05) is 0 Å². The topological polar surface area (TPSA) is 53.6 Å². The van der Waals surface area contributed by atoms with Gasteiger partial charge in [0, 0.05) is 25.7 Å². The monoisotopic (exact) mass is 239 g/mol. The van der Waals surface area contributed by atoms with Crippen molar-refractivity contribution in [3.05, 3.63) is 0 Å². The van der Waals surface area contributed by atoms with Crippen molar-refractivity contribution in [3.8, 4) is 0 Å². The molecule has 3 rings (SSSR count). The van der Waals surface area contributed by atoms with Crippen LogP contribution in [0, 0.1) is 5.92 Å². The SMILES string of the molecule is O=C(NC1CCOC1)N1C[C@@H]2CCCN[C@@H]2C1. The number of carbonyl (C=O) groups excluding carboxylic acids is 1. The molecule has 96 valence electrons. The Labute approximate surface area is 102 Å². The van der Waals surface area contributed by atoms with Gasteiger partial charge in [0.2, 0.25) is 0 Å². The molecular formula is C12H21N3O2. The zero-order chi connectivity index (χ0) is 11.7. The standard InChI is InChI=1S/C12H21N3O2/c16-12(14-10-3-5-17-8-10)15-6-9-2-1-4-13-11(9)7-15/h9-11,13H,1-8H2,(H,14,16)/t9-,10?,11+/m0/s1. The normalized spacial score (nSPS) is 36.9. The fourth-order valence-corrected chi connectivity index (χ4v) is 3.13. The first-order chi connectivity index (χ1) is 8.33. The summed E-state index contributed by atoms with van der Waals surface area (Å²) in [5, 5.41) is 6.58. The lowest BCUT2D eigenvalue weighted by atomic mass is 9.94. The van der Waals surface area contributed by atoms with Gasteiger partial charge in [-0.15, -0.1) is 0 Å². The molecule has 0 radical (unpaired) electrons. The summed E-state index contributed by atoms with van der Waals surface area (Å²) < 4.78 is 5.27. The van der Waals surface area contributed by atoms with Crippen molar-refractivity contribution in [1.82, 2.24) is 15.5 Å². The van der Waals surface area contributed by atoms with Crippen LogP contribution >= 0.6 is 0 Å². The number of amides is 2. The van der Waals surface area contributed by atoms with E-state index in [1.807, 2.05) is 4.90 Å². The molecule has 0 aromatic heterocycles. The molecule has 0 saturated carbocycles. The Hall–Kier alpha value is -0.810. The van der Waals surface area contributed by atoms with Crippen LogP contribution < -0.4 is 10.6 Å². The van der Waals surface area contributed by atoms with Crippen molar-refractivity contribution in [3.63, 3.8) is 0 Å². The number of fused-ring (bicyclic) bond motifs is 1. The second-order valence-electron chi connectivity index (χ2n) is 5.38. The van der Waals surface area contributed by atoms with E-state index in [1.54, 1.807) is 0 Å². The number of rotatable bonds is 1. The second kappa shape index (κ2) is 4.82. The van der Waals surface area contributed by atoms with Gasteiger partial charge in [0.15, 0.2) is 0 Å². The number of piperidine rings is 1. The van der Waals surface area contributed by atoms with E-state index in [4.69, 9.17) is 4.74 Å². The van der Waals surface area contributed by atoms with Gasteiger partial charge in [-0.05, 0) is 31.7 Å². The Kier molecular flexibility index (Phi) is 3.20. The third-order valence-electron chi connectivity index (χ3n) is 4.14. The Bertz CT molecular complexity index is 277. The second-order valence-corrected chi connectivity index (χ2v) is 5.38. The van der Waals surface area contributed by atoms with Crippen LogP contribution in [0.3, 0.4) is 0 Å². The van der Waals surface area contributed by atoms with Crippen molar-refractivity contribution in [2.45, 2.75) is 31.3 Å². The summed E-state index contributed by atoms with van der Waals surface area (Å²) in [6.45, 7) is 4.33. The summed E-state index contributed by atoms with van der Waals surface area (Å²) in [4.78, 5) is 14.0. The molecule has 3 heterocycles. The maximum Gasteiger partial charge on any atom is 0.317 e. The van der Waals surface area contributed by atoms with Gasteiger partial charge in [-0.3, -0.25) is 0 Å². The highest BCUT2D eigenvalue weighted by Crippen LogP contribution is 2.24. The molecule has 0 spiro atoms. The predicted molar refractivity (Wildman–Crippen MR) is 63.8 cm³/mol. The first kappa shape index (κ1) is 11.3. The van der Waals surface area contributed by atoms with Crippen molar-refractivity contribution < 1.29 is 9.53 Å². The largest absolute Gasteiger partial charge is 0.379 e. The van der Waals surface area contributed by atoms with Crippen LogP contribution in [0.2, 0.25) is 0 Å². The lowest BCUT2D eigenvalue weighted by molar-refractivity contribution is 0.181. The first-order valence-electron chi connectivity index (χ1n) is 6.69. The Morgan fingerprint density at radius 2 is 2.29 bits per heavy atom. The maximum atomic E-state index is 12.1. The summed E-state index contributed by atoms with van der Waals surface area (Å²) in [6.07, 6.45) is 3.45. The summed E-state index contributed by atoms with van der Waals surface area (Å²) >= 11 is 0. The molecule has 2 N–H and O–H groups in total. The van der Waals surface area contributed by atoms with Gasteiger partial charge in [0.25, 0.3) is 0 Å². The van der Waals surface area contributed by atoms with Crippen LogP contribution in [0.4, 0.5) is 4.79 Å². The number of carbonyl (C=O) groups is 1. The summed E-state index contributed by atoms with van der Waals surface area (Å²) in [6, 6.07) is 0.837. The molecule has 3 aliphatic heterocycles. The van der Waals surface area contributed by atoms with Crippen molar-refractivity contribution >= 4 is 6.03 Å². The zero-order valence-corrected chi connectivity index (χ0v) is 10.2. The summed E-state index contributed by atoms with van der Waals surface area (Å²) in [5.74, 6) is 0.661. The van der Waals surface area contributed by atoms with Crippen LogP contribution in [0.1, 0.15) is 19.3 Å². The van der Waals surface area contributed by atoms with E-state index in [1.165, 1.54) is 12.8 Å². The highest BCUT2D eigenvalue weighted by atomic mass is 16.5. The van der Waals surface area contributed by atoms with Gasteiger partial charge in [-0.25, -0.2) is 4.79 Å². The number of likely N-dealkylation sites (tertiary alicyclic amines) is 1. The Morgan fingerprint density at radius 1 is 1.35 bits per heavy atom. The molecule has 5 nitrogen and oxygen atoms in total. The quantitative estimate of drug-likeness (QED) is 0.686. The lowest BCUT2D eigenvalue weighted by Crippen LogP contribution is -2.45. The van der Waals surface area contributed by atoms with E-state index in [9.17, 15) is 4.79 Å². The van der Waals surface area contributed by atoms with Crippen LogP contribution in [0.15, 0.2) is 0 Å². The molecular weight excluding hydrogens is 218 g/mol. The lowest BCUT2D eigenvalue weighted by Gasteiger charge is -2.24. The number of ether oxygens (including phenoxy) is 1. The average molecular weight is 239 g/mol. The van der Waals surface area contributed by atoms with E-state index in [-0.39, 0.29) is 12.1 Å². The number of nitrogens with one attached hydrogen (secondary N) is 2. The fourth-order valence-electron chi connectivity index (χ4n) is 3.13. The van der Waals surface area contributed by atoms with Crippen molar-refractivity contribution in [1.29, 1.82) is 0 Å². The highest BCUT2D eigenvalue weighted by molar-refractivity contribution is 5.75. The van der Waals surface area contributed by atoms with Crippen molar-refractivity contribution in [2.75, 3.05) is 32.8 Å². The van der Waals surface area contributed by atoms with Gasteiger partial charge >= 0.3 is 6.03 Å². The third kappa shape index (κ3) is 2.40. The zero-order valence-electron chi connectivity index (χ0n) is 10.2. The molecule has 0 aliphatic carbocycles. The third-order valence-corrected chi connectivity index (χ3v) is 4.14. The first-order valence-corrected chi connectivity index (χ1v) is 6.69. The molecule has 2 amide bonds. The molecule has 3 saturated heterocycles. The minimum absolute atomic E-state index is 0.0942. The summed E-state index contributed by atoms with van der Waals surface area (Å²) in [5.41, 5.74) is 0. The molecule has 1 unspecified atom stereocenters. The number of nitrogens with zero attached hydrogens (tertiary/aromatic N) is 1. The molecule has 3 atom stereocenters. The van der Waals surface area contributed by atoms with E-state index in [0.717, 1.165) is 32.7 Å². The minimum atomic E-state index is 0.0942. The van der Waals surface area contributed by atoms with Gasteiger partial charge in [0.1, 0.15) is 0 Å². The minimum Gasteiger partial charge on any atom is -0.379 e. The van der Waals surface area contributed by atoms with Crippen LogP contribution in [0.25, 0.3) is 0 Å². The van der Waals surface area contributed by atoms with Gasteiger partial charge in [0.05, 0.1) is 12.6 Å². The average Bonchev–Trinajstić information content (AvgIpc) is 2.96. The van der Waals surface area contributed by atoms with Gasteiger partial charge < -0.3 is 20.3 Å². The molecule has 3 fully saturated rings. The van der Waals surface area contributed by atoms with E-state index >= 15 is 0 Å². The summed E-state index contributed by atoms with van der Waals surface area (Å²) in [7, 11) is 0. The smallest absolute Gasteiger partial charge is 0.317 e. The number of urea groups is 1. The van der Waals surface area contributed by atoms with Crippen molar-refractivity contribution in [2.24, 2.45) is 5.92 Å². The van der Waals surface area contributed by atoms with Crippen LogP contribution in [0.5, 0.6) is 0 Å². The fraction of sp³-hybridized carbons (Fsp3) is 0.917. The Morgan fingerprint density at radius 3 is 3.06 bits per heavy atom. The molecule has 0 bridgehead atoms. The van der Waals surface area contributed by atoms with Gasteiger partial charge in [-0.2, -0.15) is 0 Å². The highest BCUT2D eigenvalue weighted by Gasteiger charge is 2.36. The predicted octanol–water partition coefficient (Wildman–Crippen LogP) is 0.169. The number of hydrogen-bond acceptors (Lipinski definition) is 3. The molecule has 0 aromatic rings. The van der Waals surface area contributed by atoms with E-state index in [0.29, 0.717) is 18.6 Å². The molecule has 5 heteroatoms. The molecule has 17 heavy (non-hydrogen) atoms. The van der Waals surface area contributed by atoms with Crippen LogP contribution in [-0.4, -0.2) is 55.9 Å². The number of hydrogen-bond donors (Lipinski definition) is 2.